The van der Waals surface area contributed by atoms with Crippen molar-refractivity contribution < 1.29 is 19.0 Å². The minimum Gasteiger partial charge on any atom is -0.493 e. The number of aliphatic imine (C=N–C) groups is 1. The Balaban J connectivity index is 1.96. The lowest BCUT2D eigenvalue weighted by Crippen LogP contribution is -2.07. The first-order valence-electron chi connectivity index (χ1n) is 8.20. The van der Waals surface area contributed by atoms with Gasteiger partial charge in [0.1, 0.15) is 0 Å². The van der Waals surface area contributed by atoms with Crippen molar-refractivity contribution in [2.75, 3.05) is 7.11 Å². The maximum Gasteiger partial charge on any atom is 0.363 e. The van der Waals surface area contributed by atoms with E-state index in [1.54, 1.807) is 18.2 Å². The van der Waals surface area contributed by atoms with E-state index in [9.17, 15) is 4.79 Å². The molecule has 0 unspecified atom stereocenters. The molecule has 0 spiro atoms. The smallest absolute Gasteiger partial charge is 0.363 e. The zero-order valence-corrected chi connectivity index (χ0v) is 17.9. The Morgan fingerprint density at radius 1 is 1.26 bits per heavy atom. The fraction of sp³-hybridized carbons (Fsp3) is 0.200. The van der Waals surface area contributed by atoms with Crippen molar-refractivity contribution in [2.24, 2.45) is 4.99 Å². The number of hydrogen-bond donors (Lipinski definition) is 0. The molecule has 0 aliphatic carbocycles. The van der Waals surface area contributed by atoms with Crippen molar-refractivity contribution in [3.05, 3.63) is 61.8 Å². The first-order chi connectivity index (χ1) is 12.9. The predicted octanol–water partition coefficient (Wildman–Crippen LogP) is 5.08. The van der Waals surface area contributed by atoms with Gasteiger partial charge in [-0.05, 0) is 78.4 Å². The molecule has 0 saturated carbocycles. The Kier molecular flexibility index (Phi) is 6.06. The normalized spacial score (nSPS) is 15.1. The fourth-order valence-corrected chi connectivity index (χ4v) is 3.29. The van der Waals surface area contributed by atoms with E-state index in [4.69, 9.17) is 25.8 Å². The molecule has 0 aromatic heterocycles. The Bertz CT molecular complexity index is 953. The van der Waals surface area contributed by atoms with E-state index in [0.717, 1.165) is 9.13 Å². The van der Waals surface area contributed by atoms with Crippen molar-refractivity contribution in [1.29, 1.82) is 0 Å². The molecule has 0 saturated heterocycles. The molecule has 1 aliphatic rings. The van der Waals surface area contributed by atoms with E-state index in [1.165, 1.54) is 7.11 Å². The number of carbonyl (C=O) groups excluding carboxylic acids is 1. The number of carbonyl (C=O) groups is 1. The number of hydrogen-bond acceptors (Lipinski definition) is 5. The summed E-state index contributed by atoms with van der Waals surface area (Å²) in [4.78, 5) is 16.5. The van der Waals surface area contributed by atoms with Gasteiger partial charge >= 0.3 is 5.97 Å². The van der Waals surface area contributed by atoms with E-state index in [2.05, 4.69) is 27.6 Å². The standard InChI is InChI=1S/C20H17ClINO4/c1-11(2)26-18-15(21)7-12(9-17(18)25-3)8-16-20(24)27-19(23-16)13-5-4-6-14(22)10-13/h4-11H,1-3H3/b16-8+. The largest absolute Gasteiger partial charge is 0.493 e. The van der Waals surface area contributed by atoms with E-state index >= 15 is 0 Å². The van der Waals surface area contributed by atoms with E-state index in [1.807, 2.05) is 38.1 Å². The van der Waals surface area contributed by atoms with Gasteiger partial charge in [0.25, 0.3) is 0 Å². The maximum atomic E-state index is 12.2. The molecule has 140 valence electrons. The van der Waals surface area contributed by atoms with Gasteiger partial charge in [-0.15, -0.1) is 0 Å². The van der Waals surface area contributed by atoms with Gasteiger partial charge in [0.2, 0.25) is 5.90 Å². The summed E-state index contributed by atoms with van der Waals surface area (Å²) in [7, 11) is 1.53. The summed E-state index contributed by atoms with van der Waals surface area (Å²) in [6.07, 6.45) is 1.56. The summed E-state index contributed by atoms with van der Waals surface area (Å²) < 4.78 is 17.4. The molecule has 0 bridgehead atoms. The summed E-state index contributed by atoms with van der Waals surface area (Å²) >= 11 is 8.53. The quantitative estimate of drug-likeness (QED) is 0.328. The number of benzene rings is 2. The highest BCUT2D eigenvalue weighted by atomic mass is 127. The highest BCUT2D eigenvalue weighted by Gasteiger charge is 2.24. The van der Waals surface area contributed by atoms with Gasteiger partial charge in [0.05, 0.1) is 18.2 Å². The monoisotopic (exact) mass is 497 g/mol. The third-order valence-electron chi connectivity index (χ3n) is 3.60. The Hall–Kier alpha value is -2.06. The third-order valence-corrected chi connectivity index (χ3v) is 4.55. The molecule has 0 atom stereocenters. The number of esters is 1. The highest BCUT2D eigenvalue weighted by Crippen LogP contribution is 2.38. The maximum absolute atomic E-state index is 12.2. The van der Waals surface area contributed by atoms with Crippen LogP contribution < -0.4 is 9.47 Å². The van der Waals surface area contributed by atoms with Gasteiger partial charge in [-0.3, -0.25) is 0 Å². The molecule has 2 aromatic carbocycles. The van der Waals surface area contributed by atoms with E-state index in [-0.39, 0.29) is 17.7 Å². The van der Waals surface area contributed by atoms with E-state index in [0.29, 0.717) is 22.1 Å². The van der Waals surface area contributed by atoms with Crippen LogP contribution in [0.4, 0.5) is 0 Å². The van der Waals surface area contributed by atoms with Crippen LogP contribution in [0.2, 0.25) is 5.02 Å². The Morgan fingerprint density at radius 3 is 2.70 bits per heavy atom. The SMILES string of the molecule is COc1cc(/C=C2/N=C(c3cccc(I)c3)OC2=O)cc(Cl)c1OC(C)C. The third kappa shape index (κ3) is 4.62. The molecule has 5 nitrogen and oxygen atoms in total. The summed E-state index contributed by atoms with van der Waals surface area (Å²) in [6.45, 7) is 3.81. The van der Waals surface area contributed by atoms with Crippen molar-refractivity contribution in [3.8, 4) is 11.5 Å². The highest BCUT2D eigenvalue weighted by molar-refractivity contribution is 14.1. The van der Waals surface area contributed by atoms with Gasteiger partial charge in [-0.25, -0.2) is 9.79 Å². The minimum absolute atomic E-state index is 0.0498. The minimum atomic E-state index is -0.513. The lowest BCUT2D eigenvalue weighted by atomic mass is 10.1. The molecule has 1 aliphatic heterocycles. The number of ether oxygens (including phenoxy) is 3. The van der Waals surface area contributed by atoms with Crippen LogP contribution in [-0.4, -0.2) is 25.1 Å². The average Bonchev–Trinajstić information content (AvgIpc) is 2.97. The summed E-state index contributed by atoms with van der Waals surface area (Å²) in [5, 5.41) is 0.392. The zero-order valence-electron chi connectivity index (χ0n) is 15.0. The second-order valence-electron chi connectivity index (χ2n) is 6.05. The van der Waals surface area contributed by atoms with Crippen LogP contribution in [0.1, 0.15) is 25.0 Å². The molecule has 27 heavy (non-hydrogen) atoms. The van der Waals surface area contributed by atoms with Gasteiger partial charge in [0, 0.05) is 9.13 Å². The lowest BCUT2D eigenvalue weighted by molar-refractivity contribution is -0.129. The average molecular weight is 498 g/mol. The topological polar surface area (TPSA) is 57.1 Å². The van der Waals surface area contributed by atoms with Crippen LogP contribution in [0, 0.1) is 3.57 Å². The molecule has 7 heteroatoms. The van der Waals surface area contributed by atoms with Crippen LogP contribution in [0.5, 0.6) is 11.5 Å². The second-order valence-corrected chi connectivity index (χ2v) is 7.70. The van der Waals surface area contributed by atoms with Crippen LogP contribution in [-0.2, 0) is 9.53 Å². The van der Waals surface area contributed by atoms with Crippen LogP contribution in [0.15, 0.2) is 47.1 Å². The van der Waals surface area contributed by atoms with Gasteiger partial charge in [-0.2, -0.15) is 0 Å². The fourth-order valence-electron chi connectivity index (χ4n) is 2.49. The molecule has 0 fully saturated rings. The van der Waals surface area contributed by atoms with Crippen molar-refractivity contribution in [1.82, 2.24) is 0 Å². The van der Waals surface area contributed by atoms with Gasteiger partial charge in [0.15, 0.2) is 17.2 Å². The lowest BCUT2D eigenvalue weighted by Gasteiger charge is -2.15. The first-order valence-corrected chi connectivity index (χ1v) is 9.65. The first kappa shape index (κ1) is 19.7. The molecule has 0 radical (unpaired) electrons. The summed E-state index contributed by atoms with van der Waals surface area (Å²) in [5.74, 6) is 0.716. The molecule has 0 N–H and O–H groups in total. The van der Waals surface area contributed by atoms with Crippen LogP contribution in [0.3, 0.4) is 0 Å². The number of methoxy groups -OCH3 is 1. The van der Waals surface area contributed by atoms with Crippen LogP contribution >= 0.6 is 34.2 Å². The molecule has 0 amide bonds. The van der Waals surface area contributed by atoms with Crippen molar-refractivity contribution in [2.45, 2.75) is 20.0 Å². The predicted molar refractivity (Wildman–Crippen MR) is 114 cm³/mol. The molecule has 1 heterocycles. The van der Waals surface area contributed by atoms with Crippen molar-refractivity contribution >= 4 is 52.1 Å². The Morgan fingerprint density at radius 2 is 2.04 bits per heavy atom. The molecule has 2 aromatic rings. The number of nitrogens with zero attached hydrogens (tertiary/aromatic N) is 1. The van der Waals surface area contributed by atoms with Gasteiger partial charge in [-0.1, -0.05) is 17.7 Å². The van der Waals surface area contributed by atoms with Crippen LogP contribution in [0.25, 0.3) is 6.08 Å². The summed E-state index contributed by atoms with van der Waals surface area (Å²) in [5.41, 5.74) is 1.60. The second kappa shape index (κ2) is 8.31. The van der Waals surface area contributed by atoms with Gasteiger partial charge < -0.3 is 14.2 Å². The van der Waals surface area contributed by atoms with Crippen molar-refractivity contribution in [3.63, 3.8) is 0 Å². The number of cyclic esters (lactones) is 1. The number of halogens is 2. The molecule has 3 rings (SSSR count). The molecular formula is C20H17ClINO4. The number of rotatable bonds is 5. The summed E-state index contributed by atoms with van der Waals surface area (Å²) in [6, 6.07) is 11.0. The molecular weight excluding hydrogens is 481 g/mol. The van der Waals surface area contributed by atoms with E-state index < -0.39 is 5.97 Å². The Labute approximate surface area is 176 Å². The zero-order chi connectivity index (χ0) is 19.6.